The van der Waals surface area contributed by atoms with Crippen LogP contribution in [-0.4, -0.2) is 43.3 Å². The van der Waals surface area contributed by atoms with Crippen LogP contribution in [0.3, 0.4) is 0 Å². The van der Waals surface area contributed by atoms with Crippen molar-refractivity contribution in [2.45, 2.75) is 39.3 Å². The third kappa shape index (κ3) is 5.63. The van der Waals surface area contributed by atoms with Crippen LogP contribution in [0.25, 0.3) is 0 Å². The van der Waals surface area contributed by atoms with Gasteiger partial charge in [-0.2, -0.15) is 0 Å². The number of esters is 2. The molecule has 9 heteroatoms. The second-order valence-corrected chi connectivity index (χ2v) is 6.43. The van der Waals surface area contributed by atoms with Gasteiger partial charge in [0.1, 0.15) is 12.4 Å². The Kier molecular flexibility index (Phi) is 7.69. The van der Waals surface area contributed by atoms with Gasteiger partial charge in [0.2, 0.25) is 0 Å². The van der Waals surface area contributed by atoms with Crippen LogP contribution in [0.4, 0.5) is 4.79 Å². The molecule has 1 heterocycles. The summed E-state index contributed by atoms with van der Waals surface area (Å²) >= 11 is 5.81. The molecule has 0 saturated carbocycles. The number of benzene rings is 1. The van der Waals surface area contributed by atoms with Gasteiger partial charge in [0, 0.05) is 5.02 Å². The number of hydrogen-bond acceptors (Lipinski definition) is 6. The van der Waals surface area contributed by atoms with Crippen molar-refractivity contribution in [3.8, 4) is 5.75 Å². The van der Waals surface area contributed by atoms with E-state index in [9.17, 15) is 14.4 Å². The third-order valence-corrected chi connectivity index (χ3v) is 4.22. The molecule has 8 nitrogen and oxygen atoms in total. The predicted molar refractivity (Wildman–Crippen MR) is 102 cm³/mol. The molecule has 0 aromatic heterocycles. The van der Waals surface area contributed by atoms with Crippen molar-refractivity contribution in [3.63, 3.8) is 0 Å². The smallest absolute Gasteiger partial charge is 0.347 e. The maximum absolute atomic E-state index is 12.3. The van der Waals surface area contributed by atoms with Crippen LogP contribution in [0.1, 0.15) is 27.2 Å². The number of carbonyl (C=O) groups is 3. The number of hydrogen-bond donors (Lipinski definition) is 2. The van der Waals surface area contributed by atoms with Crippen LogP contribution >= 0.6 is 11.6 Å². The SMILES string of the molecule is CCOC(=O)C1=C(COC(=O)[C@H](C)Oc2ccc(Cl)cc2)NC(=O)N[C@H]1CC. The molecule has 28 heavy (non-hydrogen) atoms. The zero-order chi connectivity index (χ0) is 20.7. The second kappa shape index (κ2) is 9.98. The lowest BCUT2D eigenvalue weighted by molar-refractivity contribution is -0.150. The lowest BCUT2D eigenvalue weighted by atomic mass is 10.0. The molecule has 0 spiro atoms. The van der Waals surface area contributed by atoms with Gasteiger partial charge in [0.25, 0.3) is 0 Å². The predicted octanol–water partition coefficient (Wildman–Crippen LogP) is 2.56. The molecule has 1 aliphatic rings. The average molecular weight is 411 g/mol. The topological polar surface area (TPSA) is 103 Å². The van der Waals surface area contributed by atoms with Gasteiger partial charge in [-0.3, -0.25) is 0 Å². The average Bonchev–Trinajstić information content (AvgIpc) is 2.67. The van der Waals surface area contributed by atoms with Crippen molar-refractivity contribution in [2.75, 3.05) is 13.2 Å². The highest BCUT2D eigenvalue weighted by Crippen LogP contribution is 2.19. The first-order chi connectivity index (χ1) is 13.3. The minimum atomic E-state index is -0.896. The fourth-order valence-corrected chi connectivity index (χ4v) is 2.73. The number of rotatable bonds is 8. The normalized spacial score (nSPS) is 17.3. The molecule has 0 fully saturated rings. The first-order valence-electron chi connectivity index (χ1n) is 8.92. The Morgan fingerprint density at radius 2 is 1.86 bits per heavy atom. The molecule has 1 aromatic rings. The van der Waals surface area contributed by atoms with E-state index in [1.807, 2.05) is 6.92 Å². The molecule has 2 amide bonds. The number of carbonyl (C=O) groups excluding carboxylic acids is 3. The highest BCUT2D eigenvalue weighted by atomic mass is 35.5. The summed E-state index contributed by atoms with van der Waals surface area (Å²) in [7, 11) is 0. The first kappa shape index (κ1) is 21.6. The second-order valence-electron chi connectivity index (χ2n) is 5.99. The molecule has 0 unspecified atom stereocenters. The highest BCUT2D eigenvalue weighted by Gasteiger charge is 2.32. The van der Waals surface area contributed by atoms with Gasteiger partial charge in [-0.05, 0) is 44.5 Å². The van der Waals surface area contributed by atoms with E-state index in [0.717, 1.165) is 0 Å². The lowest BCUT2D eigenvalue weighted by Gasteiger charge is -2.28. The van der Waals surface area contributed by atoms with Crippen molar-refractivity contribution in [2.24, 2.45) is 0 Å². The van der Waals surface area contributed by atoms with Crippen molar-refractivity contribution in [3.05, 3.63) is 40.6 Å². The molecule has 0 bridgehead atoms. The summed E-state index contributed by atoms with van der Waals surface area (Å²) in [5.74, 6) is -0.758. The zero-order valence-corrected chi connectivity index (χ0v) is 16.7. The summed E-state index contributed by atoms with van der Waals surface area (Å²) in [6.07, 6.45) is -0.415. The van der Waals surface area contributed by atoms with Gasteiger partial charge in [0.05, 0.1) is 23.9 Å². The van der Waals surface area contributed by atoms with E-state index in [-0.39, 0.29) is 24.5 Å². The van der Waals surface area contributed by atoms with Gasteiger partial charge in [-0.25, -0.2) is 14.4 Å². The van der Waals surface area contributed by atoms with E-state index in [0.29, 0.717) is 17.2 Å². The lowest BCUT2D eigenvalue weighted by Crippen LogP contribution is -2.51. The summed E-state index contributed by atoms with van der Waals surface area (Å²) in [5.41, 5.74) is 0.434. The fourth-order valence-electron chi connectivity index (χ4n) is 2.60. The van der Waals surface area contributed by atoms with Crippen molar-refractivity contribution < 1.29 is 28.6 Å². The summed E-state index contributed by atoms with van der Waals surface area (Å²) in [4.78, 5) is 36.4. The molecule has 2 atom stereocenters. The number of nitrogens with one attached hydrogen (secondary N) is 2. The van der Waals surface area contributed by atoms with Gasteiger partial charge in [0.15, 0.2) is 6.10 Å². The Hall–Kier alpha value is -2.74. The van der Waals surface area contributed by atoms with E-state index in [2.05, 4.69) is 10.6 Å². The van der Waals surface area contributed by atoms with E-state index in [1.165, 1.54) is 6.92 Å². The summed E-state index contributed by atoms with van der Waals surface area (Å²) in [5, 5.41) is 5.71. The molecule has 0 saturated heterocycles. The van der Waals surface area contributed by atoms with Crippen molar-refractivity contribution in [1.82, 2.24) is 10.6 Å². The van der Waals surface area contributed by atoms with Crippen LogP contribution in [0.15, 0.2) is 35.5 Å². The molecule has 2 rings (SSSR count). The molecule has 0 radical (unpaired) electrons. The van der Waals surface area contributed by atoms with E-state index >= 15 is 0 Å². The van der Waals surface area contributed by atoms with Gasteiger partial charge < -0.3 is 24.8 Å². The van der Waals surface area contributed by atoms with E-state index in [1.54, 1.807) is 31.2 Å². The Labute approximate surface area is 168 Å². The van der Waals surface area contributed by atoms with Gasteiger partial charge in [-0.1, -0.05) is 18.5 Å². The van der Waals surface area contributed by atoms with Crippen LogP contribution < -0.4 is 15.4 Å². The minimum absolute atomic E-state index is 0.186. The number of ether oxygens (including phenoxy) is 3. The van der Waals surface area contributed by atoms with Crippen molar-refractivity contribution >= 4 is 29.6 Å². The molecule has 1 aromatic carbocycles. The number of amides is 2. The summed E-state index contributed by atoms with van der Waals surface area (Å²) < 4.78 is 15.8. The Bertz CT molecular complexity index is 762. The Morgan fingerprint density at radius 3 is 2.46 bits per heavy atom. The summed E-state index contributed by atoms with van der Waals surface area (Å²) in [6.45, 7) is 4.94. The maximum Gasteiger partial charge on any atom is 0.347 e. The first-order valence-corrected chi connectivity index (χ1v) is 9.30. The van der Waals surface area contributed by atoms with Gasteiger partial charge >= 0.3 is 18.0 Å². The van der Waals surface area contributed by atoms with Crippen LogP contribution in [0.2, 0.25) is 5.02 Å². The summed E-state index contributed by atoms with van der Waals surface area (Å²) in [6, 6.07) is 5.54. The quantitative estimate of drug-likeness (QED) is 0.638. The molecule has 152 valence electrons. The Balaban J connectivity index is 2.07. The van der Waals surface area contributed by atoms with Crippen LogP contribution in [0, 0.1) is 0 Å². The molecule has 1 aliphatic heterocycles. The zero-order valence-electron chi connectivity index (χ0n) is 15.9. The number of halogens is 1. The monoisotopic (exact) mass is 410 g/mol. The van der Waals surface area contributed by atoms with Crippen LogP contribution in [-0.2, 0) is 19.1 Å². The molecule has 2 N–H and O–H groups in total. The molecular formula is C19H23ClN2O6. The molecular weight excluding hydrogens is 388 g/mol. The fraction of sp³-hybridized carbons (Fsp3) is 0.421. The highest BCUT2D eigenvalue weighted by molar-refractivity contribution is 6.30. The maximum atomic E-state index is 12.3. The van der Waals surface area contributed by atoms with Crippen molar-refractivity contribution in [1.29, 1.82) is 0 Å². The Morgan fingerprint density at radius 1 is 1.18 bits per heavy atom. The van der Waals surface area contributed by atoms with Gasteiger partial charge in [-0.15, -0.1) is 0 Å². The number of urea groups is 1. The molecule has 0 aliphatic carbocycles. The van der Waals surface area contributed by atoms with E-state index < -0.39 is 30.1 Å². The standard InChI is InChI=1S/C19H23ClN2O6/c1-4-14-16(18(24)26-5-2)15(22-19(25)21-14)10-27-17(23)11(3)28-13-8-6-12(20)7-9-13/h6-9,11,14H,4-5,10H2,1-3H3,(H2,21,22,25)/t11-,14-/m0/s1. The third-order valence-electron chi connectivity index (χ3n) is 3.96. The minimum Gasteiger partial charge on any atom is -0.479 e. The largest absolute Gasteiger partial charge is 0.479 e. The van der Waals surface area contributed by atoms with E-state index in [4.69, 9.17) is 25.8 Å². The van der Waals surface area contributed by atoms with Crippen LogP contribution in [0.5, 0.6) is 5.75 Å².